The lowest BCUT2D eigenvalue weighted by Crippen LogP contribution is -2.34. The second-order valence-corrected chi connectivity index (χ2v) is 7.76. The Morgan fingerprint density at radius 3 is 1.85 bits per heavy atom. The van der Waals surface area contributed by atoms with Crippen molar-refractivity contribution in [3.05, 3.63) is 18.7 Å². The fraction of sp³-hybridized carbons (Fsp3) is 0.818. The number of hydrogen-bond donors (Lipinski definition) is 1. The third-order valence-corrected chi connectivity index (χ3v) is 5.10. The Kier molecular flexibility index (Phi) is 13.9. The first-order valence-electron chi connectivity index (χ1n) is 11.0. The molecule has 0 bridgehead atoms. The summed E-state index contributed by atoms with van der Waals surface area (Å²) in [6.45, 7) is 5.85. The maximum absolute atomic E-state index is 8.71. The van der Waals surface area contributed by atoms with Gasteiger partial charge in [0.25, 0.3) is 0 Å². The van der Waals surface area contributed by atoms with Gasteiger partial charge < -0.3 is 5.21 Å². The van der Waals surface area contributed by atoms with Crippen molar-refractivity contribution in [2.24, 2.45) is 5.16 Å². The minimum absolute atomic E-state index is 0.655. The summed E-state index contributed by atoms with van der Waals surface area (Å²) >= 11 is 0. The minimum atomic E-state index is 0.655. The fourth-order valence-corrected chi connectivity index (χ4v) is 3.45. The Balaban J connectivity index is 1.86. The number of imidazole rings is 1. The molecule has 0 unspecified atom stereocenters. The van der Waals surface area contributed by atoms with E-state index < -0.39 is 0 Å². The third kappa shape index (κ3) is 12.1. The smallest absolute Gasteiger partial charge is 0.244 e. The van der Waals surface area contributed by atoms with Gasteiger partial charge in [-0.2, -0.15) is 0 Å². The fourth-order valence-electron chi connectivity index (χ4n) is 3.45. The lowest BCUT2D eigenvalue weighted by Gasteiger charge is -2.03. The van der Waals surface area contributed by atoms with Gasteiger partial charge in [0.2, 0.25) is 6.33 Å². The predicted octanol–water partition coefficient (Wildman–Crippen LogP) is 6.11. The van der Waals surface area contributed by atoms with E-state index in [2.05, 4.69) is 33.7 Å². The molecule has 0 radical (unpaired) electrons. The predicted molar refractivity (Wildman–Crippen MR) is 110 cm³/mol. The van der Waals surface area contributed by atoms with Crippen molar-refractivity contribution >= 4 is 5.71 Å². The van der Waals surface area contributed by atoms with Gasteiger partial charge in [0.15, 0.2) is 0 Å². The minimum Gasteiger partial charge on any atom is -0.411 e. The van der Waals surface area contributed by atoms with Crippen LogP contribution in [0, 0.1) is 0 Å². The van der Waals surface area contributed by atoms with E-state index in [-0.39, 0.29) is 0 Å². The van der Waals surface area contributed by atoms with Gasteiger partial charge in [-0.25, -0.2) is 9.13 Å². The van der Waals surface area contributed by atoms with Crippen LogP contribution < -0.4 is 4.57 Å². The summed E-state index contributed by atoms with van der Waals surface area (Å²) in [4.78, 5) is 0. The summed E-state index contributed by atoms with van der Waals surface area (Å²) < 4.78 is 4.28. The quantitative estimate of drug-likeness (QED) is 0.117. The van der Waals surface area contributed by atoms with Crippen LogP contribution in [0.5, 0.6) is 0 Å². The van der Waals surface area contributed by atoms with Crippen LogP contribution in [-0.2, 0) is 13.1 Å². The highest BCUT2D eigenvalue weighted by molar-refractivity contribution is 5.79. The van der Waals surface area contributed by atoms with Crippen LogP contribution in [0.3, 0.4) is 0 Å². The van der Waals surface area contributed by atoms with Crippen LogP contribution in [0.2, 0.25) is 0 Å². The second kappa shape index (κ2) is 15.9. The molecule has 1 aromatic heterocycles. The number of hydrogen-bond acceptors (Lipinski definition) is 2. The third-order valence-electron chi connectivity index (χ3n) is 5.10. The molecule has 1 rings (SSSR count). The number of aryl methyl sites for hydroxylation is 1. The molecule has 0 saturated carbocycles. The molecule has 1 aromatic rings. The molecule has 0 aliphatic heterocycles. The Morgan fingerprint density at radius 1 is 0.846 bits per heavy atom. The highest BCUT2D eigenvalue weighted by Gasteiger charge is 2.05. The second-order valence-electron chi connectivity index (χ2n) is 7.76. The molecule has 0 spiro atoms. The summed E-state index contributed by atoms with van der Waals surface area (Å²) in [5.41, 5.74) is 0.726. The number of oxime groups is 1. The zero-order valence-electron chi connectivity index (χ0n) is 17.3. The normalized spacial score (nSPS) is 12.0. The standard InChI is InChI=1S/C22H41N3O/c1-3-4-5-6-7-8-9-10-11-12-13-14-15-16-17-24-18-19-25(21-24)20-22(2)23-26/h18-19,21H,3-17,20H2,1-2H3/p+1/b23-22-. The summed E-state index contributed by atoms with van der Waals surface area (Å²) in [5.74, 6) is 0. The van der Waals surface area contributed by atoms with Gasteiger partial charge >= 0.3 is 0 Å². The molecule has 0 amide bonds. The first-order valence-corrected chi connectivity index (χ1v) is 11.0. The van der Waals surface area contributed by atoms with Gasteiger partial charge in [0, 0.05) is 0 Å². The zero-order valence-corrected chi connectivity index (χ0v) is 17.3. The van der Waals surface area contributed by atoms with E-state index in [0.717, 1.165) is 12.3 Å². The van der Waals surface area contributed by atoms with E-state index in [4.69, 9.17) is 5.21 Å². The Bertz CT molecular complexity index is 468. The molecule has 0 saturated heterocycles. The maximum Gasteiger partial charge on any atom is 0.244 e. The highest BCUT2D eigenvalue weighted by atomic mass is 16.4. The molecule has 0 aromatic carbocycles. The first-order chi connectivity index (χ1) is 12.8. The van der Waals surface area contributed by atoms with Gasteiger partial charge in [0.05, 0.1) is 12.3 Å². The maximum atomic E-state index is 8.71. The van der Waals surface area contributed by atoms with E-state index in [9.17, 15) is 0 Å². The average Bonchev–Trinajstić information content (AvgIpc) is 3.09. The number of unbranched alkanes of at least 4 members (excludes halogenated alkanes) is 13. The molecule has 0 atom stereocenters. The molecule has 26 heavy (non-hydrogen) atoms. The summed E-state index contributed by atoms with van der Waals surface area (Å²) in [6.07, 6.45) is 25.9. The monoisotopic (exact) mass is 364 g/mol. The number of aromatic nitrogens is 2. The Hall–Kier alpha value is -1.32. The molecular weight excluding hydrogens is 322 g/mol. The van der Waals surface area contributed by atoms with Crippen LogP contribution in [0.25, 0.3) is 0 Å². The average molecular weight is 365 g/mol. The number of rotatable bonds is 17. The van der Waals surface area contributed by atoms with Gasteiger partial charge in [-0.3, -0.25) is 0 Å². The lowest BCUT2D eigenvalue weighted by atomic mass is 10.0. The molecular formula is C22H42N3O+. The van der Waals surface area contributed by atoms with Gasteiger partial charge in [-0.1, -0.05) is 89.1 Å². The summed E-state index contributed by atoms with van der Waals surface area (Å²) in [7, 11) is 0. The van der Waals surface area contributed by atoms with E-state index in [0.29, 0.717) is 6.54 Å². The van der Waals surface area contributed by atoms with Crippen LogP contribution in [0.1, 0.15) is 104 Å². The Labute approximate surface area is 161 Å². The van der Waals surface area contributed by atoms with E-state index in [1.54, 1.807) is 0 Å². The van der Waals surface area contributed by atoms with E-state index >= 15 is 0 Å². The Morgan fingerprint density at radius 2 is 1.35 bits per heavy atom. The zero-order chi connectivity index (χ0) is 18.9. The van der Waals surface area contributed by atoms with E-state index in [1.807, 2.05) is 13.1 Å². The van der Waals surface area contributed by atoms with Crippen molar-refractivity contribution in [1.29, 1.82) is 0 Å². The molecule has 4 nitrogen and oxygen atoms in total. The molecule has 0 aliphatic carbocycles. The molecule has 1 N–H and O–H groups in total. The van der Waals surface area contributed by atoms with Gasteiger partial charge in [0.1, 0.15) is 18.9 Å². The SMILES string of the molecule is CCCCCCCCCCCCCCCCn1cc[n+](C/C(C)=N\O)c1. The molecule has 0 aliphatic rings. The van der Waals surface area contributed by atoms with Crippen molar-refractivity contribution < 1.29 is 9.77 Å². The van der Waals surface area contributed by atoms with Crippen LogP contribution in [0.15, 0.2) is 23.9 Å². The number of nitrogens with zero attached hydrogens (tertiary/aromatic N) is 3. The van der Waals surface area contributed by atoms with E-state index in [1.165, 1.54) is 89.9 Å². The van der Waals surface area contributed by atoms with Crippen LogP contribution >= 0.6 is 0 Å². The van der Waals surface area contributed by atoms with Crippen LogP contribution in [-0.4, -0.2) is 15.5 Å². The molecule has 150 valence electrons. The van der Waals surface area contributed by atoms with Gasteiger partial charge in [-0.15, -0.1) is 0 Å². The van der Waals surface area contributed by atoms with Crippen molar-refractivity contribution in [2.45, 2.75) is 117 Å². The van der Waals surface area contributed by atoms with Crippen molar-refractivity contribution in [1.82, 2.24) is 4.57 Å². The highest BCUT2D eigenvalue weighted by Crippen LogP contribution is 2.13. The molecule has 4 heteroatoms. The lowest BCUT2D eigenvalue weighted by molar-refractivity contribution is -0.681. The van der Waals surface area contributed by atoms with Crippen molar-refractivity contribution in [3.8, 4) is 0 Å². The van der Waals surface area contributed by atoms with Crippen molar-refractivity contribution in [3.63, 3.8) is 0 Å². The molecule has 1 heterocycles. The van der Waals surface area contributed by atoms with Crippen LogP contribution in [0.4, 0.5) is 0 Å². The summed E-state index contributed by atoms with van der Waals surface area (Å²) in [5, 5.41) is 11.9. The van der Waals surface area contributed by atoms with Crippen molar-refractivity contribution in [2.75, 3.05) is 0 Å². The first kappa shape index (κ1) is 22.7. The summed E-state index contributed by atoms with van der Waals surface area (Å²) in [6, 6.07) is 0. The molecule has 0 fully saturated rings. The van der Waals surface area contributed by atoms with Gasteiger partial charge in [-0.05, 0) is 19.8 Å². The topological polar surface area (TPSA) is 41.4 Å². The largest absolute Gasteiger partial charge is 0.411 e.